The van der Waals surface area contributed by atoms with Crippen LogP contribution in [0, 0.1) is 6.08 Å². The molecule has 0 aromatic carbocycles. The van der Waals surface area contributed by atoms with Gasteiger partial charge in [-0.3, -0.25) is 6.08 Å². The molecular weight excluding hydrogens is 297 g/mol. The summed E-state index contributed by atoms with van der Waals surface area (Å²) in [4.78, 5) is 3.27. The molecule has 1 atom stereocenters. The fourth-order valence-electron chi connectivity index (χ4n) is 0.806. The third kappa shape index (κ3) is 20.3. The second kappa shape index (κ2) is 15.9. The van der Waals surface area contributed by atoms with Gasteiger partial charge in [0.1, 0.15) is 8.96 Å². The van der Waals surface area contributed by atoms with Gasteiger partial charge in [0.25, 0.3) is 0 Å². The molecule has 93 valence electrons. The molecule has 16 heavy (non-hydrogen) atoms. The number of rotatable bonds is 3. The minimum atomic E-state index is -0.556. The van der Waals surface area contributed by atoms with Gasteiger partial charge in [-0.15, -0.1) is 6.42 Å². The molecule has 0 aliphatic heterocycles. The second-order valence-corrected chi connectivity index (χ2v) is 7.96. The Morgan fingerprint density at radius 3 is 2.19 bits per heavy atom. The first-order valence-corrected chi connectivity index (χ1v) is 11.7. The molecule has 1 N–H and O–H groups in total. The van der Waals surface area contributed by atoms with Crippen LogP contribution in [0.3, 0.4) is 0 Å². The van der Waals surface area contributed by atoms with Crippen LogP contribution in [0.25, 0.3) is 0 Å². The molecule has 0 aromatic heterocycles. The topological polar surface area (TPSA) is 21.3 Å². The van der Waals surface area contributed by atoms with Crippen molar-refractivity contribution < 1.29 is 21.8 Å². The average molecular weight is 316 g/mol. The van der Waals surface area contributed by atoms with Gasteiger partial charge in [0.2, 0.25) is 0 Å². The maximum absolute atomic E-state index is 4.98. The predicted molar refractivity (Wildman–Crippen MR) is 70.4 cm³/mol. The van der Waals surface area contributed by atoms with E-state index in [1.54, 1.807) is 7.11 Å². The van der Waals surface area contributed by atoms with Crippen LogP contribution in [0.4, 0.5) is 0 Å². The zero-order chi connectivity index (χ0) is 12.8. The van der Waals surface area contributed by atoms with E-state index in [0.717, 1.165) is 6.42 Å². The first kappa shape index (κ1) is 19.3. The molecule has 1 radical (unpaired) electrons. The van der Waals surface area contributed by atoms with Crippen molar-refractivity contribution in [1.29, 1.82) is 0 Å². The van der Waals surface area contributed by atoms with E-state index in [9.17, 15) is 0 Å². The quantitative estimate of drug-likeness (QED) is 0.489. The van der Waals surface area contributed by atoms with Crippen molar-refractivity contribution in [1.82, 2.24) is 4.98 Å². The normalized spacial score (nSPS) is 13.7. The molecule has 1 aliphatic rings. The Kier molecular flexibility index (Phi) is 19.1. The summed E-state index contributed by atoms with van der Waals surface area (Å²) in [6.07, 6.45) is 10.2. The summed E-state index contributed by atoms with van der Waals surface area (Å²) >= 11 is -0.556. The zero-order valence-corrected chi connectivity index (χ0v) is 14.3. The van der Waals surface area contributed by atoms with Gasteiger partial charge in [-0.2, -0.15) is 6.08 Å². The third-order valence-electron chi connectivity index (χ3n) is 1.43. The van der Waals surface area contributed by atoms with Gasteiger partial charge in [0.05, 0.1) is 6.23 Å². The van der Waals surface area contributed by atoms with Gasteiger partial charge in [-0.25, -0.2) is 12.2 Å². The number of hydrogen-bond donors (Lipinski definition) is 1. The van der Waals surface area contributed by atoms with Crippen LogP contribution >= 0.6 is 18.6 Å². The number of allylic oxidation sites excluding steroid dienone is 4. The predicted octanol–water partition coefficient (Wildman–Crippen LogP) is 3.50. The van der Waals surface area contributed by atoms with Crippen LogP contribution in [-0.4, -0.2) is 22.3 Å². The van der Waals surface area contributed by atoms with Crippen LogP contribution in [-0.2, 0) is 21.8 Å². The zero-order valence-electron chi connectivity index (χ0n) is 10.2. The van der Waals surface area contributed by atoms with Gasteiger partial charge >= 0.3 is 35.6 Å². The molecular formula is C10H19Cl2NOSiTi-. The Bertz CT molecular complexity index is 182. The molecule has 0 fully saturated rings. The fourth-order valence-corrected chi connectivity index (χ4v) is 1.74. The van der Waals surface area contributed by atoms with E-state index < -0.39 is 17.0 Å². The summed E-state index contributed by atoms with van der Waals surface area (Å²) in [5, 5.41) is 0. The molecule has 2 nitrogen and oxygen atoms in total. The van der Waals surface area contributed by atoms with Crippen molar-refractivity contribution in [3.8, 4) is 0 Å². The van der Waals surface area contributed by atoms with Crippen molar-refractivity contribution in [3.63, 3.8) is 0 Å². The van der Waals surface area contributed by atoms with E-state index in [0.29, 0.717) is 0 Å². The summed E-state index contributed by atoms with van der Waals surface area (Å²) in [6, 6.07) is 0. The molecule has 0 amide bonds. The van der Waals surface area contributed by atoms with E-state index in [2.05, 4.69) is 30.2 Å². The molecule has 0 aromatic rings. The summed E-state index contributed by atoms with van der Waals surface area (Å²) < 4.78 is 4.98. The molecule has 1 aliphatic carbocycles. The van der Waals surface area contributed by atoms with Gasteiger partial charge in [0, 0.05) is 7.11 Å². The molecule has 0 heterocycles. The third-order valence-corrected chi connectivity index (χ3v) is 2.42. The van der Waals surface area contributed by atoms with Crippen LogP contribution < -0.4 is 4.98 Å². The number of hydrogen-bond acceptors (Lipinski definition) is 2. The standard InChI is InChI=1S/C5H14NOSi.C5H5.2ClH.Ti/c1-5(7-2)6-8(3)4;1-2-4-5-3-1;;;/h5-6H,1-4H3;1-3H,4H2;2*1H;/q;-1;;;+2/p-2. The van der Waals surface area contributed by atoms with Crippen LogP contribution in [0.1, 0.15) is 13.3 Å². The van der Waals surface area contributed by atoms with E-state index in [1.165, 1.54) is 0 Å². The number of nitrogens with one attached hydrogen (secondary N) is 1. The minimum absolute atomic E-state index is 0.221. The van der Waals surface area contributed by atoms with Crippen LogP contribution in [0.2, 0.25) is 13.1 Å². The first-order valence-electron chi connectivity index (χ1n) is 4.86. The SMILES string of the molecule is COC(C)N[Si](C)C.[C-]1=CC=CC1.[Cl][Ti][Cl]. The number of ether oxygens (including phenoxy) is 1. The molecule has 6 heteroatoms. The van der Waals surface area contributed by atoms with Gasteiger partial charge < -0.3 is 9.72 Å². The Balaban J connectivity index is 0. The molecule has 0 saturated carbocycles. The maximum atomic E-state index is 4.98. The summed E-state index contributed by atoms with van der Waals surface area (Å²) in [5.74, 6) is 0. The van der Waals surface area contributed by atoms with Gasteiger partial charge in [-0.1, -0.05) is 13.1 Å². The Labute approximate surface area is 118 Å². The summed E-state index contributed by atoms with van der Waals surface area (Å²) in [5.41, 5.74) is 0. The molecule has 0 spiro atoms. The fraction of sp³-hybridized carbons (Fsp3) is 0.600. The van der Waals surface area contributed by atoms with E-state index >= 15 is 0 Å². The van der Waals surface area contributed by atoms with E-state index in [-0.39, 0.29) is 15.2 Å². The van der Waals surface area contributed by atoms with Crippen LogP contribution in [0.15, 0.2) is 18.2 Å². The van der Waals surface area contributed by atoms with Crippen molar-refractivity contribution in [2.24, 2.45) is 0 Å². The summed E-state index contributed by atoms with van der Waals surface area (Å²) in [7, 11) is 11.2. The van der Waals surface area contributed by atoms with Crippen molar-refractivity contribution in [2.75, 3.05) is 7.11 Å². The Morgan fingerprint density at radius 2 is 2.06 bits per heavy atom. The Morgan fingerprint density at radius 1 is 1.50 bits per heavy atom. The Hall–Kier alpha value is 0.911. The summed E-state index contributed by atoms with van der Waals surface area (Å²) in [6.45, 7) is 6.40. The molecule has 0 bridgehead atoms. The monoisotopic (exact) mass is 315 g/mol. The van der Waals surface area contributed by atoms with Crippen molar-refractivity contribution in [2.45, 2.75) is 32.7 Å². The van der Waals surface area contributed by atoms with E-state index in [4.69, 9.17) is 23.3 Å². The first-order chi connectivity index (χ1) is 7.58. The molecule has 1 unspecified atom stereocenters. The van der Waals surface area contributed by atoms with Gasteiger partial charge in [-0.05, 0) is 6.92 Å². The van der Waals surface area contributed by atoms with E-state index in [1.807, 2.05) is 19.1 Å². The second-order valence-electron chi connectivity index (χ2n) is 3.10. The number of methoxy groups -OCH3 is 1. The molecule has 1 rings (SSSR count). The molecule has 0 saturated heterocycles. The van der Waals surface area contributed by atoms with Crippen LogP contribution in [0.5, 0.6) is 0 Å². The van der Waals surface area contributed by atoms with Crippen molar-refractivity contribution >= 4 is 27.6 Å². The average Bonchev–Trinajstić information content (AvgIpc) is 2.75. The number of halogens is 2. The van der Waals surface area contributed by atoms with Crippen molar-refractivity contribution in [3.05, 3.63) is 24.3 Å². The van der Waals surface area contributed by atoms with Gasteiger partial charge in [0.15, 0.2) is 0 Å².